The molecule has 5 heteroatoms. The Hall–Kier alpha value is -0.610. The summed E-state index contributed by atoms with van der Waals surface area (Å²) in [5.41, 5.74) is 0. The van der Waals surface area contributed by atoms with Crippen molar-refractivity contribution >= 4 is 5.78 Å². The van der Waals surface area contributed by atoms with Gasteiger partial charge in [0.2, 0.25) is 5.78 Å². The van der Waals surface area contributed by atoms with Crippen molar-refractivity contribution in [1.82, 2.24) is 0 Å². The van der Waals surface area contributed by atoms with Gasteiger partial charge in [-0.1, -0.05) is 12.8 Å². The minimum absolute atomic E-state index is 0.321. The largest absolute Gasteiger partial charge is 0.364 e. The van der Waals surface area contributed by atoms with E-state index in [0.717, 1.165) is 0 Å². The summed E-state index contributed by atoms with van der Waals surface area (Å²) in [5.74, 6) is -6.89. The normalized spacial score (nSPS) is 19.8. The van der Waals surface area contributed by atoms with E-state index in [9.17, 15) is 22.4 Å². The molecule has 0 unspecified atom stereocenters. The Bertz CT molecular complexity index is 196. The van der Waals surface area contributed by atoms with Gasteiger partial charge < -0.3 is 0 Å². The molecule has 1 saturated carbocycles. The first-order valence-corrected chi connectivity index (χ1v) is 4.16. The molecule has 0 radical (unpaired) electrons. The summed E-state index contributed by atoms with van der Waals surface area (Å²) < 4.78 is 48.5. The number of hydrogen-bond donors (Lipinski definition) is 0. The van der Waals surface area contributed by atoms with Crippen molar-refractivity contribution < 1.29 is 22.4 Å². The molecule has 1 nitrogen and oxygen atoms in total. The van der Waals surface area contributed by atoms with E-state index in [1.54, 1.807) is 0 Å². The minimum atomic E-state index is -4.45. The lowest BCUT2D eigenvalue weighted by molar-refractivity contribution is -0.171. The fourth-order valence-electron chi connectivity index (χ4n) is 1.57. The highest BCUT2D eigenvalue weighted by Crippen LogP contribution is 2.34. The molecule has 0 aromatic carbocycles. The van der Waals surface area contributed by atoms with E-state index in [-0.39, 0.29) is 0 Å². The summed E-state index contributed by atoms with van der Waals surface area (Å²) in [6.45, 7) is 0. The summed E-state index contributed by atoms with van der Waals surface area (Å²) >= 11 is 0. The zero-order chi connectivity index (χ0) is 10.1. The Balaban J connectivity index is 2.64. The lowest BCUT2D eigenvalue weighted by Crippen LogP contribution is -2.40. The van der Waals surface area contributed by atoms with Gasteiger partial charge in [0, 0.05) is 5.92 Å². The topological polar surface area (TPSA) is 17.1 Å². The van der Waals surface area contributed by atoms with Crippen LogP contribution in [-0.2, 0) is 4.79 Å². The van der Waals surface area contributed by atoms with Crippen molar-refractivity contribution in [2.75, 3.05) is 0 Å². The SMILES string of the molecule is O=C(C1CCCC1)C(F)(F)C(F)F. The summed E-state index contributed by atoms with van der Waals surface area (Å²) in [7, 11) is 0. The van der Waals surface area contributed by atoms with Gasteiger partial charge in [-0.25, -0.2) is 8.78 Å². The lowest BCUT2D eigenvalue weighted by atomic mass is 9.98. The van der Waals surface area contributed by atoms with E-state index in [1.165, 1.54) is 0 Å². The van der Waals surface area contributed by atoms with E-state index in [0.29, 0.717) is 25.7 Å². The lowest BCUT2D eigenvalue weighted by Gasteiger charge is -2.17. The number of carbonyl (C=O) groups excluding carboxylic acids is 1. The highest BCUT2D eigenvalue weighted by molar-refractivity contribution is 5.88. The number of halogens is 4. The molecule has 0 aromatic heterocycles. The third-order valence-electron chi connectivity index (χ3n) is 2.33. The molecule has 0 N–H and O–H groups in total. The molecule has 0 heterocycles. The van der Waals surface area contributed by atoms with Crippen LogP contribution >= 0.6 is 0 Å². The smallest absolute Gasteiger partial charge is 0.292 e. The Labute approximate surface area is 73.1 Å². The van der Waals surface area contributed by atoms with Crippen LogP contribution in [0.5, 0.6) is 0 Å². The zero-order valence-corrected chi connectivity index (χ0v) is 6.90. The van der Waals surface area contributed by atoms with Crippen LogP contribution in [0, 0.1) is 5.92 Å². The first-order chi connectivity index (χ1) is 5.96. The van der Waals surface area contributed by atoms with E-state index in [1.807, 2.05) is 0 Å². The first-order valence-electron chi connectivity index (χ1n) is 4.16. The van der Waals surface area contributed by atoms with Crippen molar-refractivity contribution in [2.24, 2.45) is 5.92 Å². The standard InChI is InChI=1S/C8H10F4O/c9-7(10)8(11,12)6(13)5-3-1-2-4-5/h5,7H,1-4H2. The van der Waals surface area contributed by atoms with Crippen LogP contribution in [0.2, 0.25) is 0 Å². The molecule has 1 rings (SSSR count). The average Bonchev–Trinajstić information content (AvgIpc) is 2.54. The van der Waals surface area contributed by atoms with Crippen molar-refractivity contribution in [2.45, 2.75) is 38.0 Å². The summed E-state index contributed by atoms with van der Waals surface area (Å²) in [6, 6.07) is 0. The highest BCUT2D eigenvalue weighted by atomic mass is 19.3. The van der Waals surface area contributed by atoms with Gasteiger partial charge in [-0.2, -0.15) is 8.78 Å². The maximum absolute atomic E-state index is 12.5. The van der Waals surface area contributed by atoms with E-state index < -0.39 is 24.0 Å². The van der Waals surface area contributed by atoms with Gasteiger partial charge >= 0.3 is 12.3 Å². The predicted octanol–water partition coefficient (Wildman–Crippen LogP) is 2.65. The molecule has 1 aliphatic rings. The molecular formula is C8H10F4O. The summed E-state index contributed by atoms with van der Waals surface area (Å²) in [6.07, 6.45) is -1.88. The summed E-state index contributed by atoms with van der Waals surface area (Å²) in [4.78, 5) is 10.9. The second-order valence-electron chi connectivity index (χ2n) is 3.27. The maximum Gasteiger partial charge on any atom is 0.364 e. The van der Waals surface area contributed by atoms with Crippen molar-refractivity contribution in [3.63, 3.8) is 0 Å². The van der Waals surface area contributed by atoms with E-state index >= 15 is 0 Å². The molecule has 0 atom stereocenters. The molecule has 13 heavy (non-hydrogen) atoms. The number of ketones is 1. The molecule has 0 bridgehead atoms. The predicted molar refractivity (Wildman–Crippen MR) is 37.9 cm³/mol. The number of rotatable bonds is 3. The van der Waals surface area contributed by atoms with E-state index in [4.69, 9.17) is 0 Å². The van der Waals surface area contributed by atoms with Crippen molar-refractivity contribution in [1.29, 1.82) is 0 Å². The molecule has 0 aromatic rings. The minimum Gasteiger partial charge on any atom is -0.292 e. The van der Waals surface area contributed by atoms with E-state index in [2.05, 4.69) is 0 Å². The zero-order valence-electron chi connectivity index (χ0n) is 6.90. The van der Waals surface area contributed by atoms with Crippen LogP contribution in [0.3, 0.4) is 0 Å². The van der Waals surface area contributed by atoms with Crippen LogP contribution in [0.25, 0.3) is 0 Å². The summed E-state index contributed by atoms with van der Waals surface area (Å²) in [5, 5.41) is 0. The number of Topliss-reactive ketones (excluding diaryl/α,β-unsaturated/α-hetero) is 1. The fourth-order valence-corrected chi connectivity index (χ4v) is 1.57. The van der Waals surface area contributed by atoms with Gasteiger partial charge in [0.1, 0.15) is 0 Å². The maximum atomic E-state index is 12.5. The van der Waals surface area contributed by atoms with Crippen molar-refractivity contribution in [3.8, 4) is 0 Å². The fraction of sp³-hybridized carbons (Fsp3) is 0.875. The Morgan fingerprint density at radius 3 is 2.08 bits per heavy atom. The van der Waals surface area contributed by atoms with Crippen LogP contribution < -0.4 is 0 Å². The Morgan fingerprint density at radius 2 is 1.69 bits per heavy atom. The van der Waals surface area contributed by atoms with Gasteiger partial charge in [0.05, 0.1) is 0 Å². The molecule has 1 aliphatic carbocycles. The third-order valence-corrected chi connectivity index (χ3v) is 2.33. The van der Waals surface area contributed by atoms with Crippen LogP contribution in [0.4, 0.5) is 17.6 Å². The highest BCUT2D eigenvalue weighted by Gasteiger charge is 2.51. The molecule has 0 amide bonds. The monoisotopic (exact) mass is 198 g/mol. The van der Waals surface area contributed by atoms with Crippen LogP contribution in [0.1, 0.15) is 25.7 Å². The van der Waals surface area contributed by atoms with Gasteiger partial charge in [-0.15, -0.1) is 0 Å². The average molecular weight is 198 g/mol. The molecular weight excluding hydrogens is 188 g/mol. The third kappa shape index (κ3) is 2.00. The van der Waals surface area contributed by atoms with Crippen LogP contribution in [-0.4, -0.2) is 18.1 Å². The molecule has 0 aliphatic heterocycles. The number of hydrogen-bond acceptors (Lipinski definition) is 1. The molecule has 76 valence electrons. The van der Waals surface area contributed by atoms with Gasteiger partial charge in [-0.3, -0.25) is 4.79 Å². The first kappa shape index (κ1) is 10.5. The van der Waals surface area contributed by atoms with Gasteiger partial charge in [0.15, 0.2) is 0 Å². The van der Waals surface area contributed by atoms with Gasteiger partial charge in [0.25, 0.3) is 0 Å². The Kier molecular flexibility index (Phi) is 2.93. The van der Waals surface area contributed by atoms with Crippen LogP contribution in [0.15, 0.2) is 0 Å². The second kappa shape index (κ2) is 3.64. The van der Waals surface area contributed by atoms with Gasteiger partial charge in [-0.05, 0) is 12.8 Å². The molecule has 0 saturated heterocycles. The van der Waals surface area contributed by atoms with Crippen molar-refractivity contribution in [3.05, 3.63) is 0 Å². The molecule has 1 fully saturated rings. The molecule has 0 spiro atoms. The quantitative estimate of drug-likeness (QED) is 0.637. The second-order valence-corrected chi connectivity index (χ2v) is 3.27. The number of carbonyl (C=O) groups is 1. The number of alkyl halides is 4. The Morgan fingerprint density at radius 1 is 1.23 bits per heavy atom.